The van der Waals surface area contributed by atoms with Crippen LogP contribution in [0.2, 0.25) is 5.02 Å². The van der Waals surface area contributed by atoms with E-state index in [1.54, 1.807) is 19.4 Å². The second-order valence-corrected chi connectivity index (χ2v) is 14.5. The minimum absolute atomic E-state index is 0.315. The molecule has 3 aliphatic rings. The van der Waals surface area contributed by atoms with Gasteiger partial charge in [-0.05, 0) is 106 Å². The number of halogens is 2. The van der Waals surface area contributed by atoms with Crippen LogP contribution < -0.4 is 15.9 Å². The van der Waals surface area contributed by atoms with E-state index in [4.69, 9.17) is 11.6 Å². The van der Waals surface area contributed by atoms with Gasteiger partial charge in [-0.3, -0.25) is 4.90 Å². The average Bonchev–Trinajstić information content (AvgIpc) is 3.57. The Hall–Kier alpha value is -2.47. The molecule has 1 saturated heterocycles. The van der Waals surface area contributed by atoms with Gasteiger partial charge in [-0.15, -0.1) is 0 Å². The zero-order valence-corrected chi connectivity index (χ0v) is 22.8. The van der Waals surface area contributed by atoms with Gasteiger partial charge in [0.15, 0.2) is 5.82 Å². The zero-order valence-electron chi connectivity index (χ0n) is 21.2. The van der Waals surface area contributed by atoms with Gasteiger partial charge in [-0.25, -0.2) is 9.37 Å². The molecule has 0 amide bonds. The van der Waals surface area contributed by atoms with E-state index >= 15 is 0 Å². The highest BCUT2D eigenvalue weighted by Crippen LogP contribution is 2.46. The molecule has 194 valence electrons. The fourth-order valence-electron chi connectivity index (χ4n) is 6.01. The lowest BCUT2D eigenvalue weighted by atomic mass is 10.0. The van der Waals surface area contributed by atoms with Crippen LogP contribution in [-0.2, 0) is 17.4 Å². The van der Waals surface area contributed by atoms with Gasteiger partial charge >= 0.3 is 0 Å². The molecule has 0 radical (unpaired) electrons. The number of anilines is 4. The Bertz CT molecular complexity index is 1390. The fourth-order valence-corrected chi connectivity index (χ4v) is 7.29. The summed E-state index contributed by atoms with van der Waals surface area (Å²) in [5.74, 6) is 1.30. The average molecular weight is 540 g/mol. The summed E-state index contributed by atoms with van der Waals surface area (Å²) in [6.07, 6.45) is 8.98. The predicted octanol–water partition coefficient (Wildman–Crippen LogP) is 6.35. The SMILES string of the molecule is CP(C)(=O)c1cc(F)ccc1Nc1nc(Nc2ccc3c(c2)CC[C@H](N2CC[C@@H]4C[C@@H]42)CC3)ncc1Cl. The number of aryl methyl sites for hydroxylation is 2. The first-order valence-corrected chi connectivity index (χ1v) is 16.0. The molecular formula is C28H32ClFN5OP. The first-order valence-electron chi connectivity index (χ1n) is 13.0. The number of rotatable bonds is 6. The maximum Gasteiger partial charge on any atom is 0.229 e. The molecule has 6 rings (SSSR count). The molecule has 6 nitrogen and oxygen atoms in total. The number of nitrogens with zero attached hydrogens (tertiary/aromatic N) is 3. The number of hydrogen-bond donors (Lipinski definition) is 2. The summed E-state index contributed by atoms with van der Waals surface area (Å²) in [6, 6.07) is 12.3. The highest BCUT2D eigenvalue weighted by Gasteiger charge is 2.48. The molecule has 1 aromatic heterocycles. The molecule has 9 heteroatoms. The number of piperidine rings is 1. The van der Waals surface area contributed by atoms with E-state index in [9.17, 15) is 8.96 Å². The molecule has 37 heavy (non-hydrogen) atoms. The van der Waals surface area contributed by atoms with E-state index in [0.29, 0.717) is 33.8 Å². The molecule has 0 spiro atoms. The Morgan fingerprint density at radius 1 is 1.05 bits per heavy atom. The number of nitrogens with one attached hydrogen (secondary N) is 2. The van der Waals surface area contributed by atoms with Gasteiger partial charge < -0.3 is 15.2 Å². The van der Waals surface area contributed by atoms with Crippen molar-refractivity contribution < 1.29 is 8.96 Å². The van der Waals surface area contributed by atoms with E-state index in [2.05, 4.69) is 43.7 Å². The van der Waals surface area contributed by atoms with Gasteiger partial charge in [0, 0.05) is 23.1 Å². The minimum Gasteiger partial charge on any atom is -0.338 e. The smallest absolute Gasteiger partial charge is 0.229 e. The number of likely N-dealkylation sites (tertiary alicyclic amines) is 1. The Morgan fingerprint density at radius 2 is 1.86 bits per heavy atom. The lowest BCUT2D eigenvalue weighted by molar-refractivity contribution is 0.195. The topological polar surface area (TPSA) is 70.2 Å². The third-order valence-electron chi connectivity index (χ3n) is 8.03. The molecule has 2 heterocycles. The molecule has 3 atom stereocenters. The van der Waals surface area contributed by atoms with Crippen molar-refractivity contribution in [2.75, 3.05) is 30.5 Å². The maximum absolute atomic E-state index is 13.9. The molecule has 0 bridgehead atoms. The van der Waals surface area contributed by atoms with Gasteiger partial charge in [-0.1, -0.05) is 17.7 Å². The number of hydrogen-bond acceptors (Lipinski definition) is 6. The van der Waals surface area contributed by atoms with Crippen molar-refractivity contribution >= 4 is 47.2 Å². The van der Waals surface area contributed by atoms with Crippen LogP contribution in [0.3, 0.4) is 0 Å². The van der Waals surface area contributed by atoms with Crippen molar-refractivity contribution in [1.29, 1.82) is 0 Å². The molecule has 1 saturated carbocycles. The fraction of sp³-hybridized carbons (Fsp3) is 0.429. The third-order valence-corrected chi connectivity index (χ3v) is 9.84. The molecule has 0 unspecified atom stereocenters. The van der Waals surface area contributed by atoms with E-state index in [-0.39, 0.29) is 0 Å². The first kappa shape index (κ1) is 24.8. The van der Waals surface area contributed by atoms with E-state index in [1.807, 2.05) is 0 Å². The Kier molecular flexibility index (Phi) is 6.50. The van der Waals surface area contributed by atoms with Gasteiger partial charge in [0.05, 0.1) is 11.9 Å². The lowest BCUT2D eigenvalue weighted by Crippen LogP contribution is -2.35. The lowest BCUT2D eigenvalue weighted by Gasteiger charge is -2.28. The van der Waals surface area contributed by atoms with Gasteiger partial charge in [-0.2, -0.15) is 4.98 Å². The van der Waals surface area contributed by atoms with Gasteiger partial charge in [0.2, 0.25) is 5.95 Å². The van der Waals surface area contributed by atoms with Crippen LogP contribution in [-0.4, -0.2) is 46.8 Å². The minimum atomic E-state index is -2.74. The van der Waals surface area contributed by atoms with Crippen LogP contribution in [0, 0.1) is 11.7 Å². The van der Waals surface area contributed by atoms with Crippen LogP contribution >= 0.6 is 18.7 Å². The number of fused-ring (bicyclic) bond motifs is 2. The molecule has 3 aromatic rings. The maximum atomic E-state index is 13.9. The second-order valence-electron chi connectivity index (χ2n) is 11.0. The van der Waals surface area contributed by atoms with Crippen molar-refractivity contribution in [2.45, 2.75) is 50.6 Å². The third kappa shape index (κ3) is 5.27. The van der Waals surface area contributed by atoms with Crippen LogP contribution in [0.5, 0.6) is 0 Å². The Morgan fingerprint density at radius 3 is 2.59 bits per heavy atom. The summed E-state index contributed by atoms with van der Waals surface area (Å²) < 4.78 is 26.6. The summed E-state index contributed by atoms with van der Waals surface area (Å²) in [6.45, 7) is 4.49. The van der Waals surface area contributed by atoms with E-state index in [0.717, 1.165) is 30.5 Å². The highest BCUT2D eigenvalue weighted by molar-refractivity contribution is 7.70. The Labute approximate surface area is 222 Å². The van der Waals surface area contributed by atoms with Crippen LogP contribution in [0.1, 0.15) is 36.8 Å². The standard InChI is InChI=1S/C28H32ClFN5OP/c1-37(2,36)26-15-20(30)6-10-24(26)33-27-23(29)16-31-28(34-27)32-21-7-3-17-4-8-22(9-5-18(17)13-21)35-12-11-19-14-25(19)35/h3,6-7,10,13,15-16,19,22,25H,4-5,8-9,11-12,14H2,1-2H3,(H2,31,32,33,34)/t19-,22-,25+/m1/s1. The highest BCUT2D eigenvalue weighted by atomic mass is 35.5. The molecule has 1 aliphatic heterocycles. The molecular weight excluding hydrogens is 508 g/mol. The largest absolute Gasteiger partial charge is 0.338 e. The molecule has 2 aliphatic carbocycles. The zero-order chi connectivity index (χ0) is 25.7. The number of aromatic nitrogens is 2. The second kappa shape index (κ2) is 9.68. The summed E-state index contributed by atoms with van der Waals surface area (Å²) in [7, 11) is -2.74. The number of benzene rings is 2. The summed E-state index contributed by atoms with van der Waals surface area (Å²) in [5.41, 5.74) is 4.27. The molecule has 2 N–H and O–H groups in total. The normalized spacial score (nSPS) is 23.2. The molecule has 2 fully saturated rings. The summed E-state index contributed by atoms with van der Waals surface area (Å²) in [4.78, 5) is 11.7. The van der Waals surface area contributed by atoms with Gasteiger partial charge in [0.25, 0.3) is 0 Å². The van der Waals surface area contributed by atoms with Crippen molar-refractivity contribution in [3.63, 3.8) is 0 Å². The summed E-state index contributed by atoms with van der Waals surface area (Å²) in [5, 5.41) is 7.17. The first-order chi connectivity index (χ1) is 17.7. The van der Waals surface area contributed by atoms with Crippen LogP contribution in [0.4, 0.5) is 27.5 Å². The van der Waals surface area contributed by atoms with Crippen molar-refractivity contribution in [3.8, 4) is 0 Å². The van der Waals surface area contributed by atoms with E-state index < -0.39 is 13.0 Å². The monoisotopic (exact) mass is 539 g/mol. The quantitative estimate of drug-likeness (QED) is 0.281. The van der Waals surface area contributed by atoms with Crippen LogP contribution in [0.25, 0.3) is 0 Å². The Balaban J connectivity index is 1.18. The van der Waals surface area contributed by atoms with E-state index in [1.165, 1.54) is 61.7 Å². The van der Waals surface area contributed by atoms with Crippen molar-refractivity contribution in [3.05, 3.63) is 64.6 Å². The van der Waals surface area contributed by atoms with Crippen molar-refractivity contribution in [2.24, 2.45) is 5.92 Å². The molecule has 2 aromatic carbocycles. The van der Waals surface area contributed by atoms with Gasteiger partial charge in [0.1, 0.15) is 18.0 Å². The van der Waals surface area contributed by atoms with Crippen LogP contribution in [0.15, 0.2) is 42.6 Å². The predicted molar refractivity (Wildman–Crippen MR) is 149 cm³/mol. The van der Waals surface area contributed by atoms with Crippen molar-refractivity contribution in [1.82, 2.24) is 14.9 Å². The summed E-state index contributed by atoms with van der Waals surface area (Å²) >= 11 is 6.38.